The first-order valence-corrected chi connectivity index (χ1v) is 8.16. The fourth-order valence-electron chi connectivity index (χ4n) is 2.25. The number of ether oxygens (including phenoxy) is 3. The van der Waals surface area contributed by atoms with Gasteiger partial charge in [0.15, 0.2) is 0 Å². The van der Waals surface area contributed by atoms with Gasteiger partial charge in [-0.15, -0.1) is 0 Å². The van der Waals surface area contributed by atoms with Crippen LogP contribution >= 0.6 is 10.7 Å². The Balaban J connectivity index is 2.56. The van der Waals surface area contributed by atoms with Gasteiger partial charge in [-0.3, -0.25) is 4.79 Å². The normalized spacial score (nSPS) is 18.2. The Morgan fingerprint density at radius 3 is 2.00 bits per heavy atom. The van der Waals surface area contributed by atoms with E-state index in [9.17, 15) is 13.2 Å². The molecule has 1 unspecified atom stereocenters. The van der Waals surface area contributed by atoms with Gasteiger partial charge in [0.1, 0.15) is 17.2 Å². The zero-order chi connectivity index (χ0) is 15.8. The van der Waals surface area contributed by atoms with E-state index < -0.39 is 21.2 Å². The highest BCUT2D eigenvalue weighted by atomic mass is 35.7. The summed E-state index contributed by atoms with van der Waals surface area (Å²) in [6, 6.07) is 2.41. The molecule has 0 aliphatic carbocycles. The van der Waals surface area contributed by atoms with E-state index in [0.29, 0.717) is 27.1 Å². The van der Waals surface area contributed by atoms with Crippen LogP contribution in [-0.2, 0) is 14.0 Å². The number of rotatable bonds is 5. The Kier molecular flexibility index (Phi) is 4.20. The van der Waals surface area contributed by atoms with Crippen LogP contribution in [-0.4, -0.2) is 40.0 Å². The van der Waals surface area contributed by atoms with Crippen molar-refractivity contribution in [3.8, 4) is 17.2 Å². The summed E-state index contributed by atoms with van der Waals surface area (Å²) in [6.07, 6.45) is 0.00496. The Bertz CT molecular complexity index is 649. The van der Waals surface area contributed by atoms with E-state index in [-0.39, 0.29) is 6.42 Å². The third kappa shape index (κ3) is 2.73. The van der Waals surface area contributed by atoms with Gasteiger partial charge >= 0.3 is 9.24 Å². The second kappa shape index (κ2) is 5.61. The fourth-order valence-corrected chi connectivity index (χ4v) is 3.57. The number of carbonyl (C=O) groups excluding carboxylic acids is 1. The molecule has 2 rings (SSSR count). The van der Waals surface area contributed by atoms with E-state index >= 15 is 0 Å². The molecule has 1 heterocycles. The molecule has 0 radical (unpaired) electrons. The van der Waals surface area contributed by atoms with Gasteiger partial charge in [-0.1, -0.05) is 0 Å². The number of carbonyl (C=O) groups is 1. The van der Waals surface area contributed by atoms with Crippen LogP contribution in [0.15, 0.2) is 12.1 Å². The van der Waals surface area contributed by atoms with Gasteiger partial charge in [0.25, 0.3) is 0 Å². The molecule has 0 saturated carbocycles. The topological polar surface area (TPSA) is 82.1 Å². The predicted octanol–water partition coefficient (Wildman–Crippen LogP) is 1.47. The van der Waals surface area contributed by atoms with Crippen molar-refractivity contribution in [3.63, 3.8) is 0 Å². The molecule has 1 aliphatic heterocycles. The molecular weight excluding hydrogens is 322 g/mol. The molecule has 1 aromatic carbocycles. The minimum Gasteiger partial charge on any atom is -0.496 e. The summed E-state index contributed by atoms with van der Waals surface area (Å²) >= 11 is 0. The molecule has 0 N–H and O–H groups in total. The summed E-state index contributed by atoms with van der Waals surface area (Å²) in [5.74, 6) is 0.622. The molecule has 1 saturated heterocycles. The second-order valence-corrected chi connectivity index (χ2v) is 6.68. The minimum atomic E-state index is -4.16. The van der Waals surface area contributed by atoms with Crippen LogP contribution in [0, 0.1) is 0 Å². The quantitative estimate of drug-likeness (QED) is 0.598. The SMILES string of the molecule is COc1cc(OC)c(C2CC(=O)N2S(=O)(=O)Cl)c(OC)c1. The molecule has 9 heteroatoms. The highest BCUT2D eigenvalue weighted by Gasteiger charge is 2.47. The molecule has 0 spiro atoms. The lowest BCUT2D eigenvalue weighted by molar-refractivity contribution is -0.137. The summed E-state index contributed by atoms with van der Waals surface area (Å²) in [7, 11) is 5.47. The maximum absolute atomic E-state index is 11.5. The molecule has 1 aromatic rings. The van der Waals surface area contributed by atoms with Crippen molar-refractivity contribution >= 4 is 25.8 Å². The van der Waals surface area contributed by atoms with Crippen molar-refractivity contribution in [2.45, 2.75) is 12.5 Å². The molecule has 0 aromatic heterocycles. The van der Waals surface area contributed by atoms with Crippen molar-refractivity contribution in [2.24, 2.45) is 0 Å². The fraction of sp³-hybridized carbons (Fsp3) is 0.417. The van der Waals surface area contributed by atoms with Crippen LogP contribution in [0.2, 0.25) is 0 Å². The Labute approximate surface area is 126 Å². The lowest BCUT2D eigenvalue weighted by atomic mass is 9.95. The van der Waals surface area contributed by atoms with Crippen LogP contribution in [0.5, 0.6) is 17.2 Å². The molecule has 21 heavy (non-hydrogen) atoms. The number of β-lactam (4-membered cyclic amide) rings is 1. The first kappa shape index (κ1) is 15.7. The monoisotopic (exact) mass is 335 g/mol. The summed E-state index contributed by atoms with van der Waals surface area (Å²) in [5, 5.41) is 0. The van der Waals surface area contributed by atoms with E-state index in [1.165, 1.54) is 21.3 Å². The summed E-state index contributed by atoms with van der Waals surface area (Å²) < 4.78 is 39.2. The van der Waals surface area contributed by atoms with E-state index in [1.807, 2.05) is 0 Å². The lowest BCUT2D eigenvalue weighted by Gasteiger charge is -2.38. The van der Waals surface area contributed by atoms with E-state index in [2.05, 4.69) is 0 Å². The average Bonchev–Trinajstić information content (AvgIpc) is 2.41. The van der Waals surface area contributed by atoms with Crippen molar-refractivity contribution in [1.82, 2.24) is 4.31 Å². The van der Waals surface area contributed by atoms with E-state index in [4.69, 9.17) is 24.9 Å². The molecule has 1 fully saturated rings. The Morgan fingerprint density at radius 2 is 1.67 bits per heavy atom. The molecule has 116 valence electrons. The average molecular weight is 336 g/mol. The Hall–Kier alpha value is -1.67. The number of halogens is 1. The highest BCUT2D eigenvalue weighted by molar-refractivity contribution is 8.12. The van der Waals surface area contributed by atoms with Crippen LogP contribution in [0.4, 0.5) is 0 Å². The first-order valence-electron chi connectivity index (χ1n) is 5.90. The summed E-state index contributed by atoms with van der Waals surface area (Å²) in [5.41, 5.74) is 0.435. The molecule has 0 bridgehead atoms. The zero-order valence-electron chi connectivity index (χ0n) is 11.6. The maximum atomic E-state index is 11.5. The maximum Gasteiger partial charge on any atom is 0.324 e. The molecular formula is C12H14ClNO6S. The van der Waals surface area contributed by atoms with Crippen molar-refractivity contribution in [3.05, 3.63) is 17.7 Å². The number of benzene rings is 1. The van der Waals surface area contributed by atoms with Gasteiger partial charge in [0.2, 0.25) is 5.91 Å². The number of amides is 1. The van der Waals surface area contributed by atoms with Gasteiger partial charge in [-0.05, 0) is 0 Å². The van der Waals surface area contributed by atoms with Gasteiger partial charge in [-0.25, -0.2) is 4.31 Å². The summed E-state index contributed by atoms with van der Waals surface area (Å²) in [4.78, 5) is 11.5. The number of methoxy groups -OCH3 is 3. The second-order valence-electron chi connectivity index (χ2n) is 4.30. The smallest absolute Gasteiger partial charge is 0.324 e. The van der Waals surface area contributed by atoms with Gasteiger partial charge in [0.05, 0.1) is 39.4 Å². The van der Waals surface area contributed by atoms with E-state index in [1.54, 1.807) is 12.1 Å². The van der Waals surface area contributed by atoms with Crippen LogP contribution in [0.3, 0.4) is 0 Å². The zero-order valence-corrected chi connectivity index (χ0v) is 13.2. The van der Waals surface area contributed by atoms with Gasteiger partial charge in [-0.2, -0.15) is 8.42 Å². The minimum absolute atomic E-state index is 0.00496. The van der Waals surface area contributed by atoms with Crippen LogP contribution in [0.25, 0.3) is 0 Å². The van der Waals surface area contributed by atoms with Gasteiger partial charge < -0.3 is 14.2 Å². The van der Waals surface area contributed by atoms with Crippen molar-refractivity contribution < 1.29 is 27.4 Å². The van der Waals surface area contributed by atoms with Crippen molar-refractivity contribution in [1.29, 1.82) is 0 Å². The molecule has 1 aliphatic rings. The largest absolute Gasteiger partial charge is 0.496 e. The van der Waals surface area contributed by atoms with Crippen LogP contribution in [0.1, 0.15) is 18.0 Å². The third-order valence-corrected chi connectivity index (χ3v) is 4.59. The van der Waals surface area contributed by atoms with Crippen LogP contribution < -0.4 is 14.2 Å². The highest BCUT2D eigenvalue weighted by Crippen LogP contribution is 2.47. The summed E-state index contributed by atoms with van der Waals surface area (Å²) in [6.45, 7) is 0. The third-order valence-electron chi connectivity index (χ3n) is 3.22. The number of nitrogens with zero attached hydrogens (tertiary/aromatic N) is 1. The first-order chi connectivity index (χ1) is 9.83. The predicted molar refractivity (Wildman–Crippen MR) is 75.1 cm³/mol. The molecule has 1 amide bonds. The number of hydrogen-bond acceptors (Lipinski definition) is 6. The standard InChI is InChI=1S/C12H14ClNO6S/c1-18-7-4-9(19-2)12(10(5-7)20-3)8-6-11(15)14(8)21(13,16)17/h4-5,8H,6H2,1-3H3. The molecule has 1 atom stereocenters. The Morgan fingerprint density at radius 1 is 1.14 bits per heavy atom. The van der Waals surface area contributed by atoms with E-state index in [0.717, 1.165) is 0 Å². The van der Waals surface area contributed by atoms with Gasteiger partial charge in [0, 0.05) is 22.8 Å². The molecule has 7 nitrogen and oxygen atoms in total. The van der Waals surface area contributed by atoms with Crippen molar-refractivity contribution in [2.75, 3.05) is 21.3 Å². The lowest BCUT2D eigenvalue weighted by Crippen LogP contribution is -2.48. The number of hydrogen-bond donors (Lipinski definition) is 0.